The number of carbonyl (C=O) groups excluding carboxylic acids is 1. The lowest BCUT2D eigenvalue weighted by atomic mass is 9.85. The van der Waals surface area contributed by atoms with Crippen molar-refractivity contribution in [3.05, 3.63) is 35.3 Å². The van der Waals surface area contributed by atoms with Gasteiger partial charge < -0.3 is 10.3 Å². The topological polar surface area (TPSA) is 44.9 Å². The van der Waals surface area contributed by atoms with Gasteiger partial charge in [-0.2, -0.15) is 0 Å². The lowest BCUT2D eigenvalue weighted by Gasteiger charge is -2.23. The largest absolute Gasteiger partial charge is 0.358 e. The maximum Gasteiger partial charge on any atom is 0.223 e. The van der Waals surface area contributed by atoms with Gasteiger partial charge in [0.2, 0.25) is 5.91 Å². The fourth-order valence-electron chi connectivity index (χ4n) is 4.00. The molecule has 0 radical (unpaired) electrons. The fourth-order valence-corrected chi connectivity index (χ4v) is 4.00. The third-order valence-electron chi connectivity index (χ3n) is 5.22. The second-order valence-corrected chi connectivity index (χ2v) is 6.70. The van der Waals surface area contributed by atoms with Crippen LogP contribution in [0.5, 0.6) is 0 Å². The van der Waals surface area contributed by atoms with Gasteiger partial charge in [0.05, 0.1) is 0 Å². The van der Waals surface area contributed by atoms with E-state index < -0.39 is 0 Å². The molecule has 1 unspecified atom stereocenters. The number of aryl methyl sites for hydroxylation is 1. The predicted octanol–water partition coefficient (Wildman–Crippen LogP) is 3.47. The average molecular weight is 300 g/mol. The number of hydrogen-bond acceptors (Lipinski definition) is 1. The Morgan fingerprint density at radius 2 is 2.05 bits per heavy atom. The van der Waals surface area contributed by atoms with Crippen LogP contribution in [0, 0.1) is 11.7 Å². The molecular formula is C18H21FN2O. The Balaban J connectivity index is 1.56. The highest BCUT2D eigenvalue weighted by atomic mass is 19.1. The molecule has 116 valence electrons. The quantitative estimate of drug-likeness (QED) is 0.876. The maximum atomic E-state index is 13.5. The number of fused-ring (bicyclic) bond motifs is 3. The molecule has 2 N–H and O–H groups in total. The van der Waals surface area contributed by atoms with E-state index >= 15 is 0 Å². The summed E-state index contributed by atoms with van der Waals surface area (Å²) in [6.45, 7) is 0. The molecule has 2 aliphatic rings. The summed E-state index contributed by atoms with van der Waals surface area (Å²) < 4.78 is 13.5. The van der Waals surface area contributed by atoms with Crippen molar-refractivity contribution in [2.24, 2.45) is 5.92 Å². The van der Waals surface area contributed by atoms with Crippen LogP contribution in [0.2, 0.25) is 0 Å². The summed E-state index contributed by atoms with van der Waals surface area (Å²) >= 11 is 0. The SMILES string of the molecule is O=C(NC1CCCC1)C1CCc2[nH]c3ccc(F)cc3c2C1. The first-order valence-corrected chi connectivity index (χ1v) is 8.30. The monoisotopic (exact) mass is 300 g/mol. The second kappa shape index (κ2) is 5.41. The summed E-state index contributed by atoms with van der Waals surface area (Å²) in [6.07, 6.45) is 7.14. The first-order chi connectivity index (χ1) is 10.7. The van der Waals surface area contributed by atoms with Gasteiger partial charge in [0.1, 0.15) is 5.82 Å². The molecule has 2 aromatic rings. The predicted molar refractivity (Wildman–Crippen MR) is 84.2 cm³/mol. The first kappa shape index (κ1) is 13.8. The van der Waals surface area contributed by atoms with E-state index in [1.807, 2.05) is 0 Å². The van der Waals surface area contributed by atoms with E-state index in [0.717, 1.165) is 48.6 Å². The Labute approximate surface area is 129 Å². The molecule has 2 aliphatic carbocycles. The highest BCUT2D eigenvalue weighted by Gasteiger charge is 2.29. The average Bonchev–Trinajstić information content (AvgIpc) is 3.14. The molecule has 4 heteroatoms. The van der Waals surface area contributed by atoms with Crippen molar-refractivity contribution in [2.75, 3.05) is 0 Å². The number of carbonyl (C=O) groups is 1. The summed E-state index contributed by atoms with van der Waals surface area (Å²) in [4.78, 5) is 15.9. The molecule has 0 bridgehead atoms. The standard InChI is InChI=1S/C18H21FN2O/c19-12-6-8-17-15(10-12)14-9-11(5-7-16(14)21-17)18(22)20-13-3-1-2-4-13/h6,8,10-11,13,21H,1-5,7,9H2,(H,20,22). The Morgan fingerprint density at radius 1 is 1.23 bits per heavy atom. The molecular weight excluding hydrogens is 279 g/mol. The third-order valence-corrected chi connectivity index (χ3v) is 5.22. The van der Waals surface area contributed by atoms with Gasteiger partial charge in [-0.1, -0.05) is 12.8 Å². The van der Waals surface area contributed by atoms with Gasteiger partial charge in [-0.25, -0.2) is 4.39 Å². The Hall–Kier alpha value is -1.84. The number of rotatable bonds is 2. The number of aromatic nitrogens is 1. The van der Waals surface area contributed by atoms with Gasteiger partial charge in [0.25, 0.3) is 0 Å². The van der Waals surface area contributed by atoms with Crippen molar-refractivity contribution in [3.8, 4) is 0 Å². The van der Waals surface area contributed by atoms with Crippen LogP contribution in [0.4, 0.5) is 4.39 Å². The van der Waals surface area contributed by atoms with E-state index in [9.17, 15) is 9.18 Å². The van der Waals surface area contributed by atoms with Crippen LogP contribution in [-0.2, 0) is 17.6 Å². The number of H-pyrrole nitrogens is 1. The van der Waals surface area contributed by atoms with E-state index in [1.54, 1.807) is 12.1 Å². The van der Waals surface area contributed by atoms with Gasteiger partial charge in [0, 0.05) is 28.6 Å². The zero-order valence-electron chi connectivity index (χ0n) is 12.6. The molecule has 1 amide bonds. The van der Waals surface area contributed by atoms with E-state index in [4.69, 9.17) is 0 Å². The van der Waals surface area contributed by atoms with Gasteiger partial charge in [-0.05, 0) is 55.9 Å². The van der Waals surface area contributed by atoms with Crippen LogP contribution < -0.4 is 5.32 Å². The normalized spacial score (nSPS) is 22.0. The van der Waals surface area contributed by atoms with E-state index in [0.29, 0.717) is 6.04 Å². The summed E-state index contributed by atoms with van der Waals surface area (Å²) in [5, 5.41) is 4.15. The van der Waals surface area contributed by atoms with Gasteiger partial charge in [-0.3, -0.25) is 4.79 Å². The zero-order chi connectivity index (χ0) is 15.1. The smallest absolute Gasteiger partial charge is 0.223 e. The number of amides is 1. The van der Waals surface area contributed by atoms with E-state index in [-0.39, 0.29) is 17.6 Å². The van der Waals surface area contributed by atoms with Crippen LogP contribution in [-0.4, -0.2) is 16.9 Å². The van der Waals surface area contributed by atoms with Crippen molar-refractivity contribution in [1.82, 2.24) is 10.3 Å². The van der Waals surface area contributed by atoms with Gasteiger partial charge >= 0.3 is 0 Å². The van der Waals surface area contributed by atoms with Crippen molar-refractivity contribution < 1.29 is 9.18 Å². The van der Waals surface area contributed by atoms with E-state index in [1.165, 1.54) is 24.6 Å². The van der Waals surface area contributed by atoms with Crippen LogP contribution in [0.15, 0.2) is 18.2 Å². The van der Waals surface area contributed by atoms with Crippen LogP contribution in [0.3, 0.4) is 0 Å². The highest BCUT2D eigenvalue weighted by Crippen LogP contribution is 2.32. The van der Waals surface area contributed by atoms with Crippen molar-refractivity contribution in [3.63, 3.8) is 0 Å². The van der Waals surface area contributed by atoms with E-state index in [2.05, 4.69) is 10.3 Å². The molecule has 0 aliphatic heterocycles. The van der Waals surface area contributed by atoms with Crippen LogP contribution >= 0.6 is 0 Å². The molecule has 1 saturated carbocycles. The zero-order valence-corrected chi connectivity index (χ0v) is 12.6. The molecule has 1 aromatic heterocycles. The number of aromatic amines is 1. The van der Waals surface area contributed by atoms with Gasteiger partial charge in [-0.15, -0.1) is 0 Å². The summed E-state index contributed by atoms with van der Waals surface area (Å²) in [5.41, 5.74) is 3.28. The third kappa shape index (κ3) is 2.40. The minimum Gasteiger partial charge on any atom is -0.358 e. The Bertz CT molecular complexity index is 715. The second-order valence-electron chi connectivity index (χ2n) is 6.70. The van der Waals surface area contributed by atoms with Crippen molar-refractivity contribution >= 4 is 16.8 Å². The Kier molecular flexibility index (Phi) is 3.40. The minimum atomic E-state index is -0.216. The van der Waals surface area contributed by atoms with Crippen molar-refractivity contribution in [2.45, 2.75) is 51.0 Å². The molecule has 1 aromatic carbocycles. The van der Waals surface area contributed by atoms with Crippen LogP contribution in [0.1, 0.15) is 43.4 Å². The van der Waals surface area contributed by atoms with Gasteiger partial charge in [0.15, 0.2) is 0 Å². The number of hydrogen-bond donors (Lipinski definition) is 2. The minimum absolute atomic E-state index is 0.0235. The molecule has 1 atom stereocenters. The van der Waals surface area contributed by atoms with Crippen LogP contribution in [0.25, 0.3) is 10.9 Å². The lowest BCUT2D eigenvalue weighted by Crippen LogP contribution is -2.39. The molecule has 4 rings (SSSR count). The highest BCUT2D eigenvalue weighted by molar-refractivity contribution is 5.87. The number of benzene rings is 1. The summed E-state index contributed by atoms with van der Waals surface area (Å²) in [5.74, 6) is -0.00880. The first-order valence-electron chi connectivity index (χ1n) is 8.30. The fraction of sp³-hybridized carbons (Fsp3) is 0.500. The molecule has 0 saturated heterocycles. The number of halogens is 1. The molecule has 1 fully saturated rings. The summed E-state index contributed by atoms with van der Waals surface area (Å²) in [7, 11) is 0. The number of nitrogens with one attached hydrogen (secondary N) is 2. The molecule has 3 nitrogen and oxygen atoms in total. The lowest BCUT2D eigenvalue weighted by molar-refractivity contribution is -0.126. The summed E-state index contributed by atoms with van der Waals surface area (Å²) in [6, 6.07) is 5.22. The maximum absolute atomic E-state index is 13.5. The Morgan fingerprint density at radius 3 is 2.86 bits per heavy atom. The molecule has 22 heavy (non-hydrogen) atoms. The molecule has 1 heterocycles. The van der Waals surface area contributed by atoms with Crippen molar-refractivity contribution in [1.29, 1.82) is 0 Å². The molecule has 0 spiro atoms.